The van der Waals surface area contributed by atoms with Crippen LogP contribution in [-0.2, 0) is 6.54 Å². The molecule has 0 aliphatic rings. The van der Waals surface area contributed by atoms with Crippen LogP contribution in [0.2, 0.25) is 0 Å². The number of aromatic nitrogens is 2. The maximum absolute atomic E-state index is 12.8. The minimum Gasteiger partial charge on any atom is -0.332 e. The Morgan fingerprint density at radius 2 is 2.25 bits per heavy atom. The van der Waals surface area contributed by atoms with Crippen LogP contribution in [0.3, 0.4) is 0 Å². The van der Waals surface area contributed by atoms with Crippen molar-refractivity contribution in [1.82, 2.24) is 9.55 Å². The first-order valence-electron chi connectivity index (χ1n) is 7.97. The molecule has 0 unspecified atom stereocenters. The molecule has 5 heteroatoms. The zero-order valence-corrected chi connectivity index (χ0v) is 15.0. The van der Waals surface area contributed by atoms with E-state index in [1.54, 1.807) is 6.20 Å². The van der Waals surface area contributed by atoms with Gasteiger partial charge in [-0.05, 0) is 36.1 Å². The molecule has 2 aromatic heterocycles. The molecule has 3 rings (SSSR count). The molecule has 1 aromatic carbocycles. The van der Waals surface area contributed by atoms with Crippen molar-refractivity contribution in [3.63, 3.8) is 0 Å². The van der Waals surface area contributed by atoms with Gasteiger partial charge in [-0.1, -0.05) is 26.0 Å². The summed E-state index contributed by atoms with van der Waals surface area (Å²) in [6.45, 7) is 10.8. The molecule has 124 valence electrons. The number of allylic oxidation sites excluding steroid dienone is 1. The number of nitrogens with zero attached hydrogens (tertiary/aromatic N) is 2. The summed E-state index contributed by atoms with van der Waals surface area (Å²) in [5.41, 5.74) is 3.98. The summed E-state index contributed by atoms with van der Waals surface area (Å²) in [7, 11) is 0. The monoisotopic (exact) mass is 339 g/mol. The number of rotatable bonds is 5. The molecular formula is C19H21N3OS. The second-order valence-corrected chi connectivity index (χ2v) is 6.99. The molecule has 2 heterocycles. The first kappa shape index (κ1) is 16.5. The number of benzene rings is 1. The summed E-state index contributed by atoms with van der Waals surface area (Å²) in [6, 6.07) is 6.42. The van der Waals surface area contributed by atoms with Crippen molar-refractivity contribution in [3.05, 3.63) is 59.3 Å². The predicted molar refractivity (Wildman–Crippen MR) is 101 cm³/mol. The summed E-state index contributed by atoms with van der Waals surface area (Å²) >= 11 is 1.41. The maximum atomic E-state index is 12.8. The maximum Gasteiger partial charge on any atom is 0.274 e. The van der Waals surface area contributed by atoms with E-state index in [1.807, 2.05) is 22.9 Å². The van der Waals surface area contributed by atoms with Crippen LogP contribution in [0.4, 0.5) is 5.13 Å². The SMILES string of the molecule is C=CCn1c(C(=O)Nc2nccs2)c(C)c2cc(C(C)C)ccc21. The lowest BCUT2D eigenvalue weighted by molar-refractivity contribution is 0.101. The van der Waals surface area contributed by atoms with Crippen molar-refractivity contribution >= 4 is 33.3 Å². The van der Waals surface area contributed by atoms with E-state index in [4.69, 9.17) is 0 Å². The molecule has 0 fully saturated rings. The van der Waals surface area contributed by atoms with Crippen molar-refractivity contribution in [3.8, 4) is 0 Å². The van der Waals surface area contributed by atoms with E-state index in [2.05, 4.69) is 48.9 Å². The van der Waals surface area contributed by atoms with Gasteiger partial charge in [-0.2, -0.15) is 0 Å². The number of amides is 1. The first-order valence-corrected chi connectivity index (χ1v) is 8.85. The highest BCUT2D eigenvalue weighted by Gasteiger charge is 2.21. The first-order chi connectivity index (χ1) is 11.5. The molecule has 0 aliphatic carbocycles. The Kier molecular flexibility index (Phi) is 4.53. The van der Waals surface area contributed by atoms with Crippen LogP contribution >= 0.6 is 11.3 Å². The van der Waals surface area contributed by atoms with Gasteiger partial charge in [-0.3, -0.25) is 10.1 Å². The van der Waals surface area contributed by atoms with Gasteiger partial charge in [0.05, 0.1) is 0 Å². The minimum absolute atomic E-state index is 0.133. The van der Waals surface area contributed by atoms with Crippen molar-refractivity contribution in [2.45, 2.75) is 33.2 Å². The molecule has 3 aromatic rings. The van der Waals surface area contributed by atoms with Crippen LogP contribution in [0, 0.1) is 6.92 Å². The van der Waals surface area contributed by atoms with Crippen molar-refractivity contribution in [2.75, 3.05) is 5.32 Å². The van der Waals surface area contributed by atoms with Gasteiger partial charge in [0.2, 0.25) is 0 Å². The number of fused-ring (bicyclic) bond motifs is 1. The van der Waals surface area contributed by atoms with Crippen LogP contribution in [0.5, 0.6) is 0 Å². The van der Waals surface area contributed by atoms with Gasteiger partial charge in [0, 0.05) is 29.0 Å². The summed E-state index contributed by atoms with van der Waals surface area (Å²) < 4.78 is 2.02. The Morgan fingerprint density at radius 1 is 1.46 bits per heavy atom. The number of carbonyl (C=O) groups is 1. The van der Waals surface area contributed by atoms with Gasteiger partial charge in [0.25, 0.3) is 5.91 Å². The van der Waals surface area contributed by atoms with Gasteiger partial charge < -0.3 is 4.57 Å². The molecule has 0 spiro atoms. The molecule has 0 atom stereocenters. The molecular weight excluding hydrogens is 318 g/mol. The molecule has 0 radical (unpaired) electrons. The number of thiazole rings is 1. The Bertz CT molecular complexity index is 891. The zero-order chi connectivity index (χ0) is 17.3. The smallest absolute Gasteiger partial charge is 0.274 e. The normalized spacial score (nSPS) is 11.2. The Hall–Kier alpha value is -2.40. The minimum atomic E-state index is -0.133. The molecule has 24 heavy (non-hydrogen) atoms. The van der Waals surface area contributed by atoms with E-state index >= 15 is 0 Å². The zero-order valence-electron chi connectivity index (χ0n) is 14.2. The summed E-state index contributed by atoms with van der Waals surface area (Å²) in [5.74, 6) is 0.316. The Balaban J connectivity index is 2.14. The third-order valence-electron chi connectivity index (χ3n) is 4.19. The summed E-state index contributed by atoms with van der Waals surface area (Å²) in [4.78, 5) is 17.0. The second kappa shape index (κ2) is 6.61. The predicted octanol–water partition coefficient (Wildman–Crippen LogP) is 4.97. The van der Waals surface area contributed by atoms with Crippen LogP contribution in [0.25, 0.3) is 10.9 Å². The highest BCUT2D eigenvalue weighted by molar-refractivity contribution is 7.13. The number of aryl methyl sites for hydroxylation is 1. The van der Waals surface area contributed by atoms with Crippen LogP contribution in [-0.4, -0.2) is 15.5 Å². The van der Waals surface area contributed by atoms with E-state index in [1.165, 1.54) is 16.9 Å². The van der Waals surface area contributed by atoms with E-state index in [9.17, 15) is 4.79 Å². The van der Waals surface area contributed by atoms with Crippen LogP contribution in [0.1, 0.15) is 41.4 Å². The number of anilines is 1. The average molecular weight is 339 g/mol. The largest absolute Gasteiger partial charge is 0.332 e. The van der Waals surface area contributed by atoms with E-state index in [0.29, 0.717) is 23.3 Å². The summed E-state index contributed by atoms with van der Waals surface area (Å²) in [5, 5.41) is 6.46. The molecule has 0 saturated carbocycles. The van der Waals surface area contributed by atoms with Gasteiger partial charge in [0.1, 0.15) is 5.69 Å². The third kappa shape index (κ3) is 2.87. The van der Waals surface area contributed by atoms with E-state index in [0.717, 1.165) is 16.5 Å². The molecule has 4 nitrogen and oxygen atoms in total. The lowest BCUT2D eigenvalue weighted by atomic mass is 10.0. The van der Waals surface area contributed by atoms with Gasteiger partial charge in [0.15, 0.2) is 5.13 Å². The number of nitrogens with one attached hydrogen (secondary N) is 1. The van der Waals surface area contributed by atoms with E-state index in [-0.39, 0.29) is 5.91 Å². The highest BCUT2D eigenvalue weighted by Crippen LogP contribution is 2.29. The van der Waals surface area contributed by atoms with Crippen molar-refractivity contribution in [2.24, 2.45) is 0 Å². The lowest BCUT2D eigenvalue weighted by Gasteiger charge is -2.09. The molecule has 0 bridgehead atoms. The third-order valence-corrected chi connectivity index (χ3v) is 4.88. The fourth-order valence-electron chi connectivity index (χ4n) is 2.95. The molecule has 0 saturated heterocycles. The fourth-order valence-corrected chi connectivity index (χ4v) is 3.48. The number of hydrogen-bond donors (Lipinski definition) is 1. The van der Waals surface area contributed by atoms with E-state index < -0.39 is 0 Å². The highest BCUT2D eigenvalue weighted by atomic mass is 32.1. The second-order valence-electron chi connectivity index (χ2n) is 6.10. The van der Waals surface area contributed by atoms with Gasteiger partial charge >= 0.3 is 0 Å². The average Bonchev–Trinajstić information content (AvgIpc) is 3.15. The van der Waals surface area contributed by atoms with Crippen LogP contribution < -0.4 is 5.32 Å². The van der Waals surface area contributed by atoms with Gasteiger partial charge in [-0.15, -0.1) is 17.9 Å². The lowest BCUT2D eigenvalue weighted by Crippen LogP contribution is -2.17. The Morgan fingerprint density at radius 3 is 2.88 bits per heavy atom. The molecule has 1 amide bonds. The number of hydrogen-bond acceptors (Lipinski definition) is 3. The van der Waals surface area contributed by atoms with Crippen molar-refractivity contribution in [1.29, 1.82) is 0 Å². The quantitative estimate of drug-likeness (QED) is 0.667. The van der Waals surface area contributed by atoms with Gasteiger partial charge in [-0.25, -0.2) is 4.98 Å². The number of carbonyl (C=O) groups excluding carboxylic acids is 1. The van der Waals surface area contributed by atoms with Crippen molar-refractivity contribution < 1.29 is 4.79 Å². The molecule has 0 aliphatic heterocycles. The standard InChI is InChI=1S/C19H21N3OS/c1-5-9-22-16-7-6-14(12(2)3)11-15(16)13(4)17(22)18(23)21-19-20-8-10-24-19/h5-8,10-12H,1,9H2,2-4H3,(H,20,21,23). The summed E-state index contributed by atoms with van der Waals surface area (Å²) in [6.07, 6.45) is 3.50. The van der Waals surface area contributed by atoms with Crippen LogP contribution in [0.15, 0.2) is 42.4 Å². The topological polar surface area (TPSA) is 46.9 Å². The Labute approximate surface area is 145 Å². The fraction of sp³-hybridized carbons (Fsp3) is 0.263. The molecule has 1 N–H and O–H groups in total.